The standard InChI is InChI=1S/C14H12BrNO2/c15-12-8-4-5-9-13(12)16-14(17)18-10-11-6-2-1-3-7-11/h1-9H,10H2,(H,16,17). The summed E-state index contributed by atoms with van der Waals surface area (Å²) in [6, 6.07) is 16.9. The van der Waals surface area contributed by atoms with Gasteiger partial charge < -0.3 is 4.74 Å². The first-order chi connectivity index (χ1) is 8.75. The van der Waals surface area contributed by atoms with Crippen molar-refractivity contribution >= 4 is 27.7 Å². The zero-order valence-electron chi connectivity index (χ0n) is 9.60. The van der Waals surface area contributed by atoms with E-state index in [9.17, 15) is 4.79 Å². The van der Waals surface area contributed by atoms with Crippen LogP contribution in [0.1, 0.15) is 5.56 Å². The molecule has 0 aromatic heterocycles. The minimum Gasteiger partial charge on any atom is -0.444 e. The Morgan fingerprint density at radius 1 is 1.06 bits per heavy atom. The first-order valence-corrected chi connectivity index (χ1v) is 6.27. The number of hydrogen-bond donors (Lipinski definition) is 1. The average Bonchev–Trinajstić information content (AvgIpc) is 2.40. The number of rotatable bonds is 3. The maximum Gasteiger partial charge on any atom is 0.411 e. The summed E-state index contributed by atoms with van der Waals surface area (Å²) in [7, 11) is 0. The highest BCUT2D eigenvalue weighted by Gasteiger charge is 2.05. The molecule has 0 spiro atoms. The van der Waals surface area contributed by atoms with Gasteiger partial charge in [-0.05, 0) is 33.6 Å². The first-order valence-electron chi connectivity index (χ1n) is 5.48. The number of benzene rings is 2. The lowest BCUT2D eigenvalue weighted by Gasteiger charge is -2.08. The number of hydrogen-bond acceptors (Lipinski definition) is 2. The van der Waals surface area contributed by atoms with E-state index in [4.69, 9.17) is 4.74 Å². The van der Waals surface area contributed by atoms with Gasteiger partial charge >= 0.3 is 6.09 Å². The molecule has 0 bridgehead atoms. The van der Waals surface area contributed by atoms with E-state index in [-0.39, 0.29) is 6.61 Å². The van der Waals surface area contributed by atoms with E-state index >= 15 is 0 Å². The molecule has 4 heteroatoms. The molecule has 0 aliphatic heterocycles. The van der Waals surface area contributed by atoms with Gasteiger partial charge in [0.1, 0.15) is 6.61 Å². The Bertz CT molecular complexity index is 528. The van der Waals surface area contributed by atoms with E-state index in [1.807, 2.05) is 48.5 Å². The molecule has 0 aliphatic rings. The summed E-state index contributed by atoms with van der Waals surface area (Å²) in [5.41, 5.74) is 1.65. The lowest BCUT2D eigenvalue weighted by Crippen LogP contribution is -2.13. The fourth-order valence-electron chi connectivity index (χ4n) is 1.43. The number of amides is 1. The van der Waals surface area contributed by atoms with Crippen molar-refractivity contribution in [1.82, 2.24) is 0 Å². The second-order valence-corrected chi connectivity index (χ2v) is 4.52. The van der Waals surface area contributed by atoms with Gasteiger partial charge in [-0.1, -0.05) is 42.5 Å². The Hall–Kier alpha value is -1.81. The fraction of sp³-hybridized carbons (Fsp3) is 0.0714. The van der Waals surface area contributed by atoms with Crippen LogP contribution in [0.25, 0.3) is 0 Å². The molecule has 1 amide bonds. The third kappa shape index (κ3) is 3.60. The zero-order valence-corrected chi connectivity index (χ0v) is 11.2. The van der Waals surface area contributed by atoms with Crippen LogP contribution in [-0.2, 0) is 11.3 Å². The number of halogens is 1. The van der Waals surface area contributed by atoms with E-state index < -0.39 is 6.09 Å². The minimum atomic E-state index is -0.467. The van der Waals surface area contributed by atoms with Crippen LogP contribution in [0.2, 0.25) is 0 Å². The van der Waals surface area contributed by atoms with Gasteiger partial charge in [0.05, 0.1) is 5.69 Å². The second kappa shape index (κ2) is 6.21. The van der Waals surface area contributed by atoms with Crippen molar-refractivity contribution in [2.75, 3.05) is 5.32 Å². The number of para-hydroxylation sites is 1. The van der Waals surface area contributed by atoms with Gasteiger partial charge in [-0.3, -0.25) is 5.32 Å². The van der Waals surface area contributed by atoms with Crippen LogP contribution in [0.4, 0.5) is 10.5 Å². The highest BCUT2D eigenvalue weighted by molar-refractivity contribution is 9.10. The van der Waals surface area contributed by atoms with E-state index in [1.165, 1.54) is 0 Å². The highest BCUT2D eigenvalue weighted by Crippen LogP contribution is 2.21. The van der Waals surface area contributed by atoms with Crippen molar-refractivity contribution in [3.05, 3.63) is 64.6 Å². The predicted octanol–water partition coefficient (Wildman–Crippen LogP) is 4.20. The Labute approximate surface area is 114 Å². The summed E-state index contributed by atoms with van der Waals surface area (Å²) in [6.45, 7) is 0.261. The number of anilines is 1. The van der Waals surface area contributed by atoms with Crippen molar-refractivity contribution in [3.63, 3.8) is 0 Å². The number of nitrogens with one attached hydrogen (secondary N) is 1. The van der Waals surface area contributed by atoms with E-state index in [0.29, 0.717) is 5.69 Å². The number of ether oxygens (including phenoxy) is 1. The second-order valence-electron chi connectivity index (χ2n) is 3.67. The van der Waals surface area contributed by atoms with Crippen LogP contribution < -0.4 is 5.32 Å². The SMILES string of the molecule is O=C(Nc1ccccc1Br)OCc1ccccc1. The average molecular weight is 306 g/mol. The van der Waals surface area contributed by atoms with Crippen molar-refractivity contribution in [3.8, 4) is 0 Å². The molecular weight excluding hydrogens is 294 g/mol. The van der Waals surface area contributed by atoms with Gasteiger partial charge in [-0.2, -0.15) is 0 Å². The summed E-state index contributed by atoms with van der Waals surface area (Å²) in [5.74, 6) is 0. The molecule has 0 aliphatic carbocycles. The molecule has 0 heterocycles. The minimum absolute atomic E-state index is 0.261. The van der Waals surface area contributed by atoms with Gasteiger partial charge in [0, 0.05) is 4.47 Å². The van der Waals surface area contributed by atoms with Crippen molar-refractivity contribution in [1.29, 1.82) is 0 Å². The molecule has 0 unspecified atom stereocenters. The third-order valence-electron chi connectivity index (χ3n) is 2.32. The van der Waals surface area contributed by atoms with Gasteiger partial charge in [0.15, 0.2) is 0 Å². The quantitative estimate of drug-likeness (QED) is 0.923. The molecule has 92 valence electrons. The summed E-state index contributed by atoms with van der Waals surface area (Å²) >= 11 is 3.35. The summed E-state index contributed by atoms with van der Waals surface area (Å²) in [4.78, 5) is 11.6. The smallest absolute Gasteiger partial charge is 0.411 e. The Morgan fingerprint density at radius 3 is 2.44 bits per heavy atom. The highest BCUT2D eigenvalue weighted by atomic mass is 79.9. The third-order valence-corrected chi connectivity index (χ3v) is 3.01. The molecule has 3 nitrogen and oxygen atoms in total. The van der Waals surface area contributed by atoms with E-state index in [2.05, 4.69) is 21.2 Å². The Balaban J connectivity index is 1.88. The molecule has 18 heavy (non-hydrogen) atoms. The lowest BCUT2D eigenvalue weighted by atomic mass is 10.2. The van der Waals surface area contributed by atoms with E-state index in [0.717, 1.165) is 10.0 Å². The molecule has 0 saturated carbocycles. The van der Waals surface area contributed by atoms with Crippen LogP contribution in [0.15, 0.2) is 59.1 Å². The van der Waals surface area contributed by atoms with Gasteiger partial charge in [0.2, 0.25) is 0 Å². The molecule has 2 rings (SSSR count). The summed E-state index contributed by atoms with van der Waals surface area (Å²) in [5, 5.41) is 2.67. The van der Waals surface area contributed by atoms with Gasteiger partial charge in [0.25, 0.3) is 0 Å². The molecule has 0 radical (unpaired) electrons. The van der Waals surface area contributed by atoms with Crippen LogP contribution in [0, 0.1) is 0 Å². The first kappa shape index (κ1) is 12.6. The molecule has 2 aromatic carbocycles. The zero-order chi connectivity index (χ0) is 12.8. The van der Waals surface area contributed by atoms with E-state index in [1.54, 1.807) is 6.07 Å². The molecule has 1 N–H and O–H groups in total. The van der Waals surface area contributed by atoms with Crippen LogP contribution in [-0.4, -0.2) is 6.09 Å². The Morgan fingerprint density at radius 2 is 1.72 bits per heavy atom. The molecular formula is C14H12BrNO2. The van der Waals surface area contributed by atoms with Crippen molar-refractivity contribution < 1.29 is 9.53 Å². The largest absolute Gasteiger partial charge is 0.444 e. The normalized spacial score (nSPS) is 9.83. The number of carbonyl (C=O) groups is 1. The van der Waals surface area contributed by atoms with Crippen molar-refractivity contribution in [2.24, 2.45) is 0 Å². The molecule has 0 saturated heterocycles. The molecule has 0 fully saturated rings. The van der Waals surface area contributed by atoms with Crippen molar-refractivity contribution in [2.45, 2.75) is 6.61 Å². The van der Waals surface area contributed by atoms with Gasteiger partial charge in [-0.15, -0.1) is 0 Å². The predicted molar refractivity (Wildman–Crippen MR) is 74.4 cm³/mol. The summed E-state index contributed by atoms with van der Waals surface area (Å²) in [6.07, 6.45) is -0.467. The topological polar surface area (TPSA) is 38.3 Å². The lowest BCUT2D eigenvalue weighted by molar-refractivity contribution is 0.155. The van der Waals surface area contributed by atoms with Crippen LogP contribution >= 0.6 is 15.9 Å². The molecule has 0 atom stereocenters. The monoisotopic (exact) mass is 305 g/mol. The maximum absolute atomic E-state index is 11.6. The Kier molecular flexibility index (Phi) is 4.36. The maximum atomic E-state index is 11.6. The van der Waals surface area contributed by atoms with Gasteiger partial charge in [-0.25, -0.2) is 4.79 Å². The molecule has 2 aromatic rings. The van der Waals surface area contributed by atoms with Crippen LogP contribution in [0.3, 0.4) is 0 Å². The fourth-order valence-corrected chi connectivity index (χ4v) is 1.82. The number of carbonyl (C=O) groups excluding carboxylic acids is 1. The summed E-state index contributed by atoms with van der Waals surface area (Å²) < 4.78 is 5.94. The van der Waals surface area contributed by atoms with Crippen LogP contribution in [0.5, 0.6) is 0 Å².